The molecule has 3 aromatic rings. The minimum atomic E-state index is -0.999. The SMILES string of the molecule is O=C(NCCC(O)C(O)c1ccc2sccc2c1)OCc1ccccc1. The Kier molecular flexibility index (Phi) is 6.22. The minimum absolute atomic E-state index is 0.193. The molecule has 2 atom stereocenters. The van der Waals surface area contributed by atoms with Crippen LogP contribution < -0.4 is 5.32 Å². The number of fused-ring (bicyclic) bond motifs is 1. The van der Waals surface area contributed by atoms with Gasteiger partial charge in [-0.25, -0.2) is 4.79 Å². The average Bonchev–Trinajstić information content (AvgIpc) is 3.14. The number of thiophene rings is 1. The molecule has 0 bridgehead atoms. The molecule has 0 spiro atoms. The highest BCUT2D eigenvalue weighted by atomic mass is 32.1. The van der Waals surface area contributed by atoms with Gasteiger partial charge in [0, 0.05) is 11.2 Å². The predicted octanol–water partition coefficient (Wildman–Crippen LogP) is 3.61. The van der Waals surface area contributed by atoms with Gasteiger partial charge in [0.1, 0.15) is 12.7 Å². The molecule has 0 fully saturated rings. The molecule has 0 saturated heterocycles. The Morgan fingerprint density at radius 1 is 1.12 bits per heavy atom. The van der Waals surface area contributed by atoms with Crippen molar-refractivity contribution < 1.29 is 19.7 Å². The second kappa shape index (κ2) is 8.80. The quantitative estimate of drug-likeness (QED) is 0.593. The van der Waals surface area contributed by atoms with Crippen molar-refractivity contribution in [2.24, 2.45) is 0 Å². The van der Waals surface area contributed by atoms with Gasteiger partial charge in [0.05, 0.1) is 6.10 Å². The smallest absolute Gasteiger partial charge is 0.407 e. The highest BCUT2D eigenvalue weighted by Crippen LogP contribution is 2.26. The molecule has 0 aliphatic rings. The lowest BCUT2D eigenvalue weighted by Crippen LogP contribution is -2.29. The van der Waals surface area contributed by atoms with E-state index in [1.165, 1.54) is 0 Å². The number of rotatable bonds is 7. The number of amides is 1. The molecular weight excluding hydrogens is 350 g/mol. The van der Waals surface area contributed by atoms with Crippen molar-refractivity contribution in [2.75, 3.05) is 6.54 Å². The third kappa shape index (κ3) is 4.82. The number of nitrogens with one attached hydrogen (secondary N) is 1. The molecule has 0 aliphatic heterocycles. The van der Waals surface area contributed by atoms with Crippen LogP contribution in [0.25, 0.3) is 10.1 Å². The third-order valence-electron chi connectivity index (χ3n) is 4.10. The summed E-state index contributed by atoms with van der Waals surface area (Å²) in [5.74, 6) is 0. The normalized spacial score (nSPS) is 13.3. The van der Waals surface area contributed by atoms with Crippen molar-refractivity contribution in [3.8, 4) is 0 Å². The van der Waals surface area contributed by atoms with E-state index in [9.17, 15) is 15.0 Å². The van der Waals surface area contributed by atoms with Crippen molar-refractivity contribution >= 4 is 27.5 Å². The first kappa shape index (κ1) is 18.4. The zero-order valence-corrected chi connectivity index (χ0v) is 15.0. The first-order valence-corrected chi connectivity index (χ1v) is 9.29. The van der Waals surface area contributed by atoms with E-state index in [4.69, 9.17) is 4.74 Å². The maximum absolute atomic E-state index is 11.7. The van der Waals surface area contributed by atoms with Gasteiger partial charge < -0.3 is 20.3 Å². The zero-order chi connectivity index (χ0) is 18.4. The molecule has 0 aliphatic carbocycles. The summed E-state index contributed by atoms with van der Waals surface area (Å²) in [6, 6.07) is 17.0. The third-order valence-corrected chi connectivity index (χ3v) is 5.00. The van der Waals surface area contributed by atoms with Crippen LogP contribution in [-0.4, -0.2) is 29.0 Å². The molecular formula is C20H21NO4S. The van der Waals surface area contributed by atoms with Gasteiger partial charge in [0.15, 0.2) is 0 Å². The maximum Gasteiger partial charge on any atom is 0.407 e. The highest BCUT2D eigenvalue weighted by molar-refractivity contribution is 7.17. The Morgan fingerprint density at radius 2 is 1.92 bits per heavy atom. The molecule has 1 aromatic heterocycles. The number of ether oxygens (including phenoxy) is 1. The van der Waals surface area contributed by atoms with Gasteiger partial charge >= 0.3 is 6.09 Å². The van der Waals surface area contributed by atoms with Crippen LogP contribution in [0.1, 0.15) is 23.7 Å². The van der Waals surface area contributed by atoms with Crippen molar-refractivity contribution in [3.05, 3.63) is 71.1 Å². The molecule has 6 heteroatoms. The fraction of sp³-hybridized carbons (Fsp3) is 0.250. The largest absolute Gasteiger partial charge is 0.445 e. The minimum Gasteiger partial charge on any atom is -0.445 e. The van der Waals surface area contributed by atoms with Crippen LogP contribution >= 0.6 is 11.3 Å². The first-order valence-electron chi connectivity index (χ1n) is 8.41. The van der Waals surface area contributed by atoms with Gasteiger partial charge in [-0.1, -0.05) is 36.4 Å². The standard InChI is InChI=1S/C20H21NO4S/c22-17(19(23)16-6-7-18-15(12-16)9-11-26-18)8-10-21-20(24)25-13-14-4-2-1-3-5-14/h1-7,9,11-12,17,19,22-23H,8,10,13H2,(H,21,24). The maximum atomic E-state index is 11.7. The number of benzene rings is 2. The number of carbonyl (C=O) groups excluding carboxylic acids is 1. The van der Waals surface area contributed by atoms with Crippen LogP contribution in [0.15, 0.2) is 60.0 Å². The van der Waals surface area contributed by atoms with E-state index in [-0.39, 0.29) is 19.6 Å². The van der Waals surface area contributed by atoms with Crippen LogP contribution in [0.4, 0.5) is 4.79 Å². The van der Waals surface area contributed by atoms with E-state index in [1.54, 1.807) is 11.3 Å². The fourth-order valence-corrected chi connectivity index (χ4v) is 3.42. The van der Waals surface area contributed by atoms with Crippen LogP contribution in [-0.2, 0) is 11.3 Å². The Morgan fingerprint density at radius 3 is 2.73 bits per heavy atom. The Bertz CT molecular complexity index is 849. The lowest BCUT2D eigenvalue weighted by Gasteiger charge is -2.18. The van der Waals surface area contributed by atoms with E-state index in [0.717, 1.165) is 15.6 Å². The van der Waals surface area contributed by atoms with Gasteiger partial charge in [0.2, 0.25) is 0 Å². The van der Waals surface area contributed by atoms with E-state index in [0.29, 0.717) is 5.56 Å². The topological polar surface area (TPSA) is 78.8 Å². The van der Waals surface area contributed by atoms with Crippen molar-refractivity contribution in [3.63, 3.8) is 0 Å². The molecule has 0 saturated carbocycles. The number of aliphatic hydroxyl groups excluding tert-OH is 2. The molecule has 0 radical (unpaired) electrons. The fourth-order valence-electron chi connectivity index (χ4n) is 2.65. The number of alkyl carbamates (subject to hydrolysis) is 1. The summed E-state index contributed by atoms with van der Waals surface area (Å²) in [4.78, 5) is 11.7. The summed E-state index contributed by atoms with van der Waals surface area (Å²) >= 11 is 1.63. The summed E-state index contributed by atoms with van der Waals surface area (Å²) in [5.41, 5.74) is 1.57. The van der Waals surface area contributed by atoms with Crippen molar-refractivity contribution in [1.29, 1.82) is 0 Å². The molecule has 5 nitrogen and oxygen atoms in total. The highest BCUT2D eigenvalue weighted by Gasteiger charge is 2.19. The van der Waals surface area contributed by atoms with Crippen molar-refractivity contribution in [2.45, 2.75) is 25.2 Å². The molecule has 1 amide bonds. The van der Waals surface area contributed by atoms with Gasteiger partial charge in [-0.2, -0.15) is 0 Å². The Hall–Kier alpha value is -2.41. The molecule has 2 aromatic carbocycles. The Balaban J connectivity index is 1.42. The van der Waals surface area contributed by atoms with E-state index < -0.39 is 18.3 Å². The molecule has 136 valence electrons. The Labute approximate surface area is 155 Å². The zero-order valence-electron chi connectivity index (χ0n) is 14.2. The summed E-state index contributed by atoms with van der Waals surface area (Å²) in [5, 5.41) is 26.1. The number of aliphatic hydroxyl groups is 2. The van der Waals surface area contributed by atoms with E-state index >= 15 is 0 Å². The van der Waals surface area contributed by atoms with Crippen molar-refractivity contribution in [1.82, 2.24) is 5.32 Å². The summed E-state index contributed by atoms with van der Waals surface area (Å²) < 4.78 is 6.24. The van der Waals surface area contributed by atoms with Crippen LogP contribution in [0.2, 0.25) is 0 Å². The summed E-state index contributed by atoms with van der Waals surface area (Å²) in [6.07, 6.45) is -2.29. The lowest BCUT2D eigenvalue weighted by molar-refractivity contribution is 0.0137. The van der Waals surface area contributed by atoms with E-state index in [1.807, 2.05) is 60.0 Å². The monoisotopic (exact) mass is 371 g/mol. The number of hydrogen-bond donors (Lipinski definition) is 3. The van der Waals surface area contributed by atoms with Gasteiger partial charge in [0.25, 0.3) is 0 Å². The first-order chi connectivity index (χ1) is 12.6. The van der Waals surface area contributed by atoms with Crippen LogP contribution in [0.5, 0.6) is 0 Å². The molecule has 3 N–H and O–H groups in total. The molecule has 3 rings (SSSR count). The second-order valence-electron chi connectivity index (χ2n) is 6.01. The summed E-state index contributed by atoms with van der Waals surface area (Å²) in [6.45, 7) is 0.408. The predicted molar refractivity (Wildman–Crippen MR) is 102 cm³/mol. The van der Waals surface area contributed by atoms with Gasteiger partial charge in [-0.05, 0) is 46.5 Å². The number of carbonyl (C=O) groups is 1. The summed E-state index contributed by atoms with van der Waals surface area (Å²) in [7, 11) is 0. The lowest BCUT2D eigenvalue weighted by atomic mass is 10.0. The van der Waals surface area contributed by atoms with Crippen LogP contribution in [0.3, 0.4) is 0 Å². The van der Waals surface area contributed by atoms with Gasteiger partial charge in [-0.3, -0.25) is 0 Å². The molecule has 26 heavy (non-hydrogen) atoms. The molecule has 2 unspecified atom stereocenters. The average molecular weight is 371 g/mol. The number of hydrogen-bond acceptors (Lipinski definition) is 5. The second-order valence-corrected chi connectivity index (χ2v) is 6.95. The molecule has 1 heterocycles. The van der Waals surface area contributed by atoms with Crippen LogP contribution in [0, 0.1) is 0 Å². The van der Waals surface area contributed by atoms with E-state index in [2.05, 4.69) is 5.32 Å². The van der Waals surface area contributed by atoms with Gasteiger partial charge in [-0.15, -0.1) is 11.3 Å².